The summed E-state index contributed by atoms with van der Waals surface area (Å²) in [6, 6.07) is 0. The third-order valence-electron chi connectivity index (χ3n) is 2.59. The zero-order chi connectivity index (χ0) is 15.3. The molecule has 9 heteroatoms. The van der Waals surface area contributed by atoms with E-state index in [2.05, 4.69) is 10.0 Å². The predicted molar refractivity (Wildman–Crippen MR) is 68.6 cm³/mol. The Morgan fingerprint density at radius 1 is 1.40 bits per heavy atom. The van der Waals surface area contributed by atoms with Gasteiger partial charge in [-0.1, -0.05) is 11.2 Å². The van der Waals surface area contributed by atoms with Gasteiger partial charge in [0.25, 0.3) is 0 Å². The quantitative estimate of drug-likeness (QED) is 0.260. The first-order valence-corrected chi connectivity index (χ1v) is 6.34. The average molecular weight is 297 g/mol. The van der Waals surface area contributed by atoms with Gasteiger partial charge >= 0.3 is 11.9 Å². The van der Waals surface area contributed by atoms with E-state index in [0.717, 1.165) is 6.92 Å². The van der Waals surface area contributed by atoms with Crippen LogP contribution in [0.15, 0.2) is 28.3 Å². The van der Waals surface area contributed by atoms with E-state index in [4.69, 9.17) is 15.0 Å². The molecule has 8 nitrogen and oxygen atoms in total. The minimum atomic E-state index is -1.54. The molecule has 0 heterocycles. The van der Waals surface area contributed by atoms with Crippen LogP contribution in [0.3, 0.4) is 0 Å². The summed E-state index contributed by atoms with van der Waals surface area (Å²) in [6.45, 7) is 3.75. The number of hydrogen-bond acceptors (Lipinski definition) is 6. The molecule has 0 radical (unpaired) electrons. The summed E-state index contributed by atoms with van der Waals surface area (Å²) in [7, 11) is -0.393. The monoisotopic (exact) mass is 297 g/mol. The van der Waals surface area contributed by atoms with Gasteiger partial charge in [0.15, 0.2) is 20.2 Å². The van der Waals surface area contributed by atoms with Crippen LogP contribution in [-0.2, 0) is 23.6 Å². The molecule has 0 aromatic rings. The van der Waals surface area contributed by atoms with Crippen LogP contribution in [0.1, 0.15) is 20.8 Å². The Balaban J connectivity index is 3.39. The van der Waals surface area contributed by atoms with E-state index in [9.17, 15) is 14.2 Å². The molecule has 0 saturated heterocycles. The molecule has 0 fully saturated rings. The molecule has 0 saturated carbocycles. The van der Waals surface area contributed by atoms with Crippen LogP contribution in [0.5, 0.6) is 0 Å². The number of hydrogen-bond donors (Lipinski definition) is 0. The zero-order valence-electron chi connectivity index (χ0n) is 11.1. The molecule has 1 aliphatic carbocycles. The normalized spacial score (nSPS) is 25.1. The standard InChI is InChI=1S/C11H12N3O5P/c1-6(15)18-10-8(20-17)4-5-9(13-14-12)11(10,3)19-7(2)16/h4-5,10H,1-3H3. The lowest BCUT2D eigenvalue weighted by Gasteiger charge is -2.38. The molecule has 0 aromatic carbocycles. The molecule has 1 rings (SSSR count). The van der Waals surface area contributed by atoms with Crippen LogP contribution in [0.4, 0.5) is 0 Å². The molecule has 20 heavy (non-hydrogen) atoms. The summed E-state index contributed by atoms with van der Waals surface area (Å²) in [6.07, 6.45) is 1.62. The number of rotatable bonds is 4. The maximum Gasteiger partial charge on any atom is 0.303 e. The maximum absolute atomic E-state index is 11.3. The average Bonchev–Trinajstić information content (AvgIpc) is 2.33. The van der Waals surface area contributed by atoms with Crippen molar-refractivity contribution in [2.75, 3.05) is 0 Å². The van der Waals surface area contributed by atoms with Gasteiger partial charge in [-0.05, 0) is 18.5 Å². The van der Waals surface area contributed by atoms with Gasteiger partial charge < -0.3 is 9.47 Å². The number of carbonyl (C=O) groups is 2. The highest BCUT2D eigenvalue weighted by molar-refractivity contribution is 7.29. The zero-order valence-corrected chi connectivity index (χ0v) is 12.0. The van der Waals surface area contributed by atoms with Crippen LogP contribution >= 0.6 is 8.46 Å². The van der Waals surface area contributed by atoms with Crippen LogP contribution in [-0.4, -0.2) is 23.6 Å². The smallest absolute Gasteiger partial charge is 0.303 e. The second-order valence-corrected chi connectivity index (χ2v) is 4.81. The fourth-order valence-corrected chi connectivity index (χ4v) is 2.37. The molecule has 0 spiro atoms. The summed E-state index contributed by atoms with van der Waals surface area (Å²) < 4.78 is 21.4. The Morgan fingerprint density at radius 2 is 2.05 bits per heavy atom. The highest BCUT2D eigenvalue weighted by Gasteiger charge is 2.47. The van der Waals surface area contributed by atoms with Gasteiger partial charge in [-0.3, -0.25) is 14.2 Å². The Kier molecular flexibility index (Phi) is 5.02. The third kappa shape index (κ3) is 3.23. The van der Waals surface area contributed by atoms with Crippen LogP contribution < -0.4 is 0 Å². The summed E-state index contributed by atoms with van der Waals surface area (Å²) in [5, 5.41) is 3.63. The SMILES string of the molecule is CC(=O)OC1C(P=O)=CC=C(N=[N+]=[N-])C1(C)OC(C)=O. The lowest BCUT2D eigenvalue weighted by atomic mass is 9.90. The molecule has 2 atom stereocenters. The van der Waals surface area contributed by atoms with Gasteiger partial charge in [0.1, 0.15) is 0 Å². The summed E-state index contributed by atoms with van der Waals surface area (Å²) in [5.41, 5.74) is 7.07. The number of ether oxygens (including phenoxy) is 2. The molecular formula is C11H12N3O5P. The van der Waals surface area contributed by atoms with Gasteiger partial charge in [0.2, 0.25) is 0 Å². The molecule has 0 aromatic heterocycles. The summed E-state index contributed by atoms with van der Waals surface area (Å²) >= 11 is 0. The molecule has 0 amide bonds. The van der Waals surface area contributed by atoms with Crippen molar-refractivity contribution >= 4 is 20.4 Å². The van der Waals surface area contributed by atoms with Crippen LogP contribution in [0, 0.1) is 0 Å². The van der Waals surface area contributed by atoms with E-state index in [1.54, 1.807) is 0 Å². The van der Waals surface area contributed by atoms with Crippen molar-refractivity contribution < 1.29 is 23.6 Å². The number of carbonyl (C=O) groups excluding carboxylic acids is 2. The van der Waals surface area contributed by atoms with E-state index in [1.165, 1.54) is 26.0 Å². The van der Waals surface area contributed by atoms with E-state index >= 15 is 0 Å². The van der Waals surface area contributed by atoms with Gasteiger partial charge in [0, 0.05) is 18.8 Å². The van der Waals surface area contributed by atoms with Crippen molar-refractivity contribution in [1.82, 2.24) is 0 Å². The topological polar surface area (TPSA) is 118 Å². The van der Waals surface area contributed by atoms with E-state index in [1.807, 2.05) is 0 Å². The van der Waals surface area contributed by atoms with Crippen molar-refractivity contribution in [3.05, 3.63) is 33.6 Å². The van der Waals surface area contributed by atoms with E-state index < -0.39 is 32.1 Å². The maximum atomic E-state index is 11.3. The van der Waals surface area contributed by atoms with Gasteiger partial charge in [-0.25, -0.2) is 0 Å². The molecule has 2 unspecified atom stereocenters. The van der Waals surface area contributed by atoms with Crippen molar-refractivity contribution in [2.24, 2.45) is 5.11 Å². The third-order valence-corrected chi connectivity index (χ3v) is 3.18. The first kappa shape index (κ1) is 15.9. The number of esters is 2. The van der Waals surface area contributed by atoms with Crippen molar-refractivity contribution in [2.45, 2.75) is 32.5 Å². The molecule has 0 aliphatic heterocycles. The highest BCUT2D eigenvalue weighted by atomic mass is 31.1. The highest BCUT2D eigenvalue weighted by Crippen LogP contribution is 2.40. The minimum Gasteiger partial charge on any atom is -0.452 e. The van der Waals surface area contributed by atoms with Gasteiger partial charge in [-0.2, -0.15) is 0 Å². The van der Waals surface area contributed by atoms with Crippen LogP contribution in [0.2, 0.25) is 0 Å². The molecule has 1 aliphatic rings. The Labute approximate surface area is 116 Å². The summed E-state index contributed by atoms with van der Waals surface area (Å²) in [4.78, 5) is 25.1. The predicted octanol–water partition coefficient (Wildman–Crippen LogP) is 2.62. The van der Waals surface area contributed by atoms with Gasteiger partial charge in [0.05, 0.1) is 11.0 Å². The largest absolute Gasteiger partial charge is 0.452 e. The second-order valence-electron chi connectivity index (χ2n) is 4.11. The first-order chi connectivity index (χ1) is 9.35. The Hall–Kier alpha value is -2.17. The minimum absolute atomic E-state index is 0.0499. The molecule has 106 valence electrons. The van der Waals surface area contributed by atoms with Gasteiger partial charge in [-0.15, -0.1) is 0 Å². The second kappa shape index (κ2) is 6.32. The molecule has 0 N–H and O–H groups in total. The van der Waals surface area contributed by atoms with Crippen molar-refractivity contribution in [3.63, 3.8) is 0 Å². The van der Waals surface area contributed by atoms with Crippen molar-refractivity contribution in [1.29, 1.82) is 0 Å². The van der Waals surface area contributed by atoms with Crippen molar-refractivity contribution in [3.8, 4) is 0 Å². The Morgan fingerprint density at radius 3 is 2.50 bits per heavy atom. The fourth-order valence-electron chi connectivity index (χ4n) is 1.84. The lowest BCUT2D eigenvalue weighted by molar-refractivity contribution is -0.171. The van der Waals surface area contributed by atoms with E-state index in [0.29, 0.717) is 0 Å². The summed E-state index contributed by atoms with van der Waals surface area (Å²) in [5.74, 6) is -1.31. The Bertz CT molecular complexity index is 564. The fraction of sp³-hybridized carbons (Fsp3) is 0.455. The van der Waals surface area contributed by atoms with Crippen LogP contribution in [0.25, 0.3) is 10.4 Å². The molecule has 0 bridgehead atoms. The number of nitrogens with zero attached hydrogens (tertiary/aromatic N) is 3. The lowest BCUT2D eigenvalue weighted by Crippen LogP contribution is -2.48. The molecular weight excluding hydrogens is 285 g/mol. The number of azide groups is 1. The van der Waals surface area contributed by atoms with E-state index in [-0.39, 0.29) is 11.0 Å². The number of allylic oxidation sites excluding steroid dienone is 2. The first-order valence-electron chi connectivity index (χ1n) is 5.52.